The Morgan fingerprint density at radius 3 is 2.42 bits per heavy atom. The van der Waals surface area contributed by atoms with Crippen LogP contribution in [0.15, 0.2) is 34.2 Å². The fraction of sp³-hybridized carbons (Fsp3) is 0.632. The molecule has 0 atom stereocenters. The minimum absolute atomic E-state index is 0.122. The second-order valence-electron chi connectivity index (χ2n) is 7.28. The van der Waals surface area contributed by atoms with E-state index in [2.05, 4.69) is 34.2 Å². The van der Waals surface area contributed by atoms with Crippen LogP contribution < -0.4 is 15.4 Å². The summed E-state index contributed by atoms with van der Waals surface area (Å²) in [4.78, 5) is 4.54. The highest BCUT2D eigenvalue weighted by Crippen LogP contribution is 2.22. The molecule has 0 unspecified atom stereocenters. The van der Waals surface area contributed by atoms with Crippen LogP contribution >= 0.6 is 0 Å². The van der Waals surface area contributed by atoms with Crippen molar-refractivity contribution in [1.29, 1.82) is 0 Å². The number of guanidine groups is 1. The minimum atomic E-state index is -3.38. The molecule has 1 aliphatic carbocycles. The van der Waals surface area contributed by atoms with Gasteiger partial charge in [0.25, 0.3) is 0 Å². The Bertz CT molecular complexity index is 680. The molecule has 0 radical (unpaired) electrons. The van der Waals surface area contributed by atoms with Crippen molar-refractivity contribution in [2.45, 2.75) is 63.4 Å². The number of nitrogens with zero attached hydrogens (tertiary/aromatic N) is 1. The zero-order chi connectivity index (χ0) is 19.0. The quantitative estimate of drug-likeness (QED) is 0.331. The molecule has 0 heterocycles. The highest BCUT2D eigenvalue weighted by atomic mass is 32.2. The van der Waals surface area contributed by atoms with E-state index in [4.69, 9.17) is 0 Å². The Balaban J connectivity index is 1.75. The number of benzene rings is 1. The van der Waals surface area contributed by atoms with Gasteiger partial charge in [-0.15, -0.1) is 0 Å². The first-order valence-electron chi connectivity index (χ1n) is 9.46. The SMILES string of the molecule is CN=C(NCCCCC(C)C)NCc1ccc(S(=O)(=O)NC2CC2)cc1. The van der Waals surface area contributed by atoms with Crippen molar-refractivity contribution in [3.8, 4) is 0 Å². The summed E-state index contributed by atoms with van der Waals surface area (Å²) in [7, 11) is -1.63. The Morgan fingerprint density at radius 1 is 1.15 bits per heavy atom. The summed E-state index contributed by atoms with van der Waals surface area (Å²) < 4.78 is 27.0. The first kappa shape index (κ1) is 20.7. The van der Waals surface area contributed by atoms with Gasteiger partial charge in [-0.1, -0.05) is 38.8 Å². The summed E-state index contributed by atoms with van der Waals surface area (Å²) in [6, 6.07) is 7.11. The van der Waals surface area contributed by atoms with Crippen molar-refractivity contribution < 1.29 is 8.42 Å². The number of nitrogens with one attached hydrogen (secondary N) is 3. The van der Waals surface area contributed by atoms with Crippen molar-refractivity contribution in [2.75, 3.05) is 13.6 Å². The van der Waals surface area contributed by atoms with Crippen molar-refractivity contribution in [3.63, 3.8) is 0 Å². The zero-order valence-electron chi connectivity index (χ0n) is 16.1. The summed E-state index contributed by atoms with van der Waals surface area (Å²) in [5.74, 6) is 1.51. The van der Waals surface area contributed by atoms with E-state index in [1.54, 1.807) is 19.2 Å². The Hall–Kier alpha value is -1.60. The lowest BCUT2D eigenvalue weighted by Gasteiger charge is -2.12. The van der Waals surface area contributed by atoms with E-state index >= 15 is 0 Å². The third-order valence-corrected chi connectivity index (χ3v) is 5.85. The fourth-order valence-electron chi connectivity index (χ4n) is 2.57. The average molecular weight is 381 g/mol. The molecule has 3 N–H and O–H groups in total. The number of hydrogen-bond donors (Lipinski definition) is 3. The monoisotopic (exact) mass is 380 g/mol. The van der Waals surface area contributed by atoms with Gasteiger partial charge in [0.1, 0.15) is 0 Å². The lowest BCUT2D eigenvalue weighted by atomic mass is 10.1. The van der Waals surface area contributed by atoms with Crippen molar-refractivity contribution in [3.05, 3.63) is 29.8 Å². The van der Waals surface area contributed by atoms with Gasteiger partial charge in [0.2, 0.25) is 10.0 Å². The number of rotatable bonds is 10. The van der Waals surface area contributed by atoms with Crippen LogP contribution in [0.25, 0.3) is 0 Å². The van der Waals surface area contributed by atoms with Crippen LogP contribution in [-0.2, 0) is 16.6 Å². The molecule has 0 spiro atoms. The average Bonchev–Trinajstić information content (AvgIpc) is 3.40. The molecule has 0 aliphatic heterocycles. The van der Waals surface area contributed by atoms with E-state index in [9.17, 15) is 8.42 Å². The number of hydrogen-bond acceptors (Lipinski definition) is 3. The summed E-state index contributed by atoms with van der Waals surface area (Å²) >= 11 is 0. The molecule has 2 rings (SSSR count). The standard InChI is InChI=1S/C19H32N4O2S/c1-15(2)6-4-5-13-21-19(20-3)22-14-16-7-11-18(12-8-16)26(24,25)23-17-9-10-17/h7-8,11-12,15,17,23H,4-6,9-10,13-14H2,1-3H3,(H2,20,21,22). The molecule has 0 saturated heterocycles. The summed E-state index contributed by atoms with van der Waals surface area (Å²) in [6.07, 6.45) is 5.46. The molecule has 1 fully saturated rings. The van der Waals surface area contributed by atoms with Crippen LogP contribution in [-0.4, -0.2) is 34.0 Å². The van der Waals surface area contributed by atoms with Gasteiger partial charge < -0.3 is 10.6 Å². The van der Waals surface area contributed by atoms with Crippen molar-refractivity contribution in [1.82, 2.24) is 15.4 Å². The maximum atomic E-state index is 12.2. The fourth-order valence-corrected chi connectivity index (χ4v) is 3.87. The smallest absolute Gasteiger partial charge is 0.240 e. The predicted octanol–water partition coefficient (Wildman–Crippen LogP) is 2.62. The summed E-state index contributed by atoms with van der Waals surface area (Å²) in [5, 5.41) is 6.57. The molecule has 146 valence electrons. The van der Waals surface area contributed by atoms with Gasteiger partial charge in [0.15, 0.2) is 5.96 Å². The molecule has 0 bridgehead atoms. The van der Waals surface area contributed by atoms with Gasteiger partial charge in [0, 0.05) is 26.2 Å². The highest BCUT2D eigenvalue weighted by molar-refractivity contribution is 7.89. The first-order valence-corrected chi connectivity index (χ1v) is 10.9. The van der Waals surface area contributed by atoms with Crippen LogP contribution in [0.1, 0.15) is 51.5 Å². The number of aliphatic imine (C=N–C) groups is 1. The van der Waals surface area contributed by atoms with Gasteiger partial charge in [-0.25, -0.2) is 13.1 Å². The number of unbranched alkanes of at least 4 members (excludes halogenated alkanes) is 1. The van der Waals surface area contributed by atoms with E-state index in [1.807, 2.05) is 12.1 Å². The van der Waals surface area contributed by atoms with Gasteiger partial charge in [-0.2, -0.15) is 0 Å². The Kier molecular flexibility index (Phi) is 7.90. The Labute approximate surface area is 157 Å². The molecule has 1 aliphatic rings. The number of sulfonamides is 1. The molecule has 7 heteroatoms. The van der Waals surface area contributed by atoms with E-state index in [-0.39, 0.29) is 6.04 Å². The molecular weight excluding hydrogens is 348 g/mol. The zero-order valence-corrected chi connectivity index (χ0v) is 16.9. The molecule has 1 saturated carbocycles. The van der Waals surface area contributed by atoms with E-state index in [1.165, 1.54) is 12.8 Å². The lowest BCUT2D eigenvalue weighted by molar-refractivity contribution is 0.534. The molecule has 0 amide bonds. The van der Waals surface area contributed by atoms with E-state index < -0.39 is 10.0 Å². The highest BCUT2D eigenvalue weighted by Gasteiger charge is 2.27. The van der Waals surface area contributed by atoms with Crippen LogP contribution in [0.5, 0.6) is 0 Å². The molecule has 26 heavy (non-hydrogen) atoms. The predicted molar refractivity (Wildman–Crippen MR) is 107 cm³/mol. The van der Waals surface area contributed by atoms with Gasteiger partial charge in [0.05, 0.1) is 4.90 Å². The lowest BCUT2D eigenvalue weighted by Crippen LogP contribution is -2.37. The molecular formula is C19H32N4O2S. The molecule has 6 nitrogen and oxygen atoms in total. The third-order valence-electron chi connectivity index (χ3n) is 4.32. The van der Waals surface area contributed by atoms with Gasteiger partial charge in [-0.3, -0.25) is 4.99 Å². The van der Waals surface area contributed by atoms with E-state index in [0.717, 1.165) is 43.2 Å². The van der Waals surface area contributed by atoms with Crippen LogP contribution in [0, 0.1) is 5.92 Å². The van der Waals surface area contributed by atoms with Crippen molar-refractivity contribution >= 4 is 16.0 Å². The second kappa shape index (κ2) is 9.92. The van der Waals surface area contributed by atoms with Crippen molar-refractivity contribution in [2.24, 2.45) is 10.9 Å². The summed E-state index contributed by atoms with van der Waals surface area (Å²) in [6.45, 7) is 5.98. The van der Waals surface area contributed by atoms with Gasteiger partial charge in [-0.05, 0) is 42.9 Å². The molecule has 0 aromatic heterocycles. The second-order valence-corrected chi connectivity index (χ2v) is 9.00. The topological polar surface area (TPSA) is 82.6 Å². The molecule has 1 aromatic rings. The Morgan fingerprint density at radius 2 is 1.85 bits per heavy atom. The maximum Gasteiger partial charge on any atom is 0.240 e. The van der Waals surface area contributed by atoms with Crippen LogP contribution in [0.2, 0.25) is 0 Å². The minimum Gasteiger partial charge on any atom is -0.356 e. The van der Waals surface area contributed by atoms with Crippen LogP contribution in [0.4, 0.5) is 0 Å². The normalized spacial score (nSPS) is 15.3. The largest absolute Gasteiger partial charge is 0.356 e. The first-order chi connectivity index (χ1) is 12.4. The van der Waals surface area contributed by atoms with E-state index in [0.29, 0.717) is 11.4 Å². The third kappa shape index (κ3) is 7.33. The summed E-state index contributed by atoms with van der Waals surface area (Å²) in [5.41, 5.74) is 1.01. The maximum absolute atomic E-state index is 12.2. The van der Waals surface area contributed by atoms with Gasteiger partial charge >= 0.3 is 0 Å². The molecule has 1 aromatic carbocycles. The van der Waals surface area contributed by atoms with Crippen LogP contribution in [0.3, 0.4) is 0 Å².